The molecule has 0 bridgehead atoms. The molecule has 3 nitrogen and oxygen atoms in total. The average Bonchev–Trinajstić information content (AvgIpc) is 2.59. The van der Waals surface area contributed by atoms with Gasteiger partial charge in [-0.25, -0.2) is 0 Å². The minimum absolute atomic E-state index is 0.179. The molecule has 0 N–H and O–H groups in total. The first kappa shape index (κ1) is 14.6. The number of rotatable bonds is 7. The van der Waals surface area contributed by atoms with Crippen LogP contribution in [-0.4, -0.2) is 33.8 Å². The highest BCUT2D eigenvalue weighted by molar-refractivity contribution is 8.77. The maximum absolute atomic E-state index is 11.3. The molecule has 0 unspecified atom stereocenters. The lowest BCUT2D eigenvalue weighted by Gasteiger charge is -2.21. The van der Waals surface area contributed by atoms with Crippen molar-refractivity contribution in [1.82, 2.24) is 4.90 Å². The molecule has 5 heteroatoms. The molecule has 2 amide bonds. The Bertz CT molecular complexity index is 308. The van der Waals surface area contributed by atoms with Gasteiger partial charge >= 0.3 is 0 Å². The quantitative estimate of drug-likeness (QED) is 0.406. The van der Waals surface area contributed by atoms with Gasteiger partial charge in [-0.2, -0.15) is 0 Å². The third-order valence-corrected chi connectivity index (χ3v) is 6.17. The van der Waals surface area contributed by atoms with Crippen molar-refractivity contribution < 1.29 is 9.59 Å². The van der Waals surface area contributed by atoms with Crippen LogP contribution in [0.25, 0.3) is 0 Å². The molecule has 1 aliphatic rings. The van der Waals surface area contributed by atoms with Gasteiger partial charge in [0.2, 0.25) is 0 Å². The number of amides is 2. The predicted octanol–water partition coefficient (Wildman–Crippen LogP) is 2.87. The Kier molecular flexibility index (Phi) is 5.59. The minimum Gasteiger partial charge on any atom is -0.275 e. The van der Waals surface area contributed by atoms with Gasteiger partial charge < -0.3 is 0 Å². The van der Waals surface area contributed by atoms with Crippen molar-refractivity contribution in [2.24, 2.45) is 0 Å². The highest BCUT2D eigenvalue weighted by atomic mass is 33.1. The molecule has 96 valence electrons. The third-order valence-electron chi connectivity index (χ3n) is 2.65. The van der Waals surface area contributed by atoms with Gasteiger partial charge in [-0.05, 0) is 26.7 Å². The van der Waals surface area contributed by atoms with Crippen molar-refractivity contribution in [3.8, 4) is 0 Å². The third kappa shape index (κ3) is 4.76. The maximum atomic E-state index is 11.3. The van der Waals surface area contributed by atoms with E-state index < -0.39 is 0 Å². The van der Waals surface area contributed by atoms with E-state index in [0.29, 0.717) is 11.3 Å². The number of imide groups is 1. The van der Waals surface area contributed by atoms with Crippen LogP contribution in [0, 0.1) is 0 Å². The Balaban J connectivity index is 2.13. The van der Waals surface area contributed by atoms with Gasteiger partial charge in [0.25, 0.3) is 11.8 Å². The van der Waals surface area contributed by atoms with E-state index in [2.05, 4.69) is 20.8 Å². The Morgan fingerprint density at radius 1 is 1.24 bits per heavy atom. The fraction of sp³-hybridized carbons (Fsp3) is 0.667. The van der Waals surface area contributed by atoms with Gasteiger partial charge in [0.1, 0.15) is 0 Å². The highest BCUT2D eigenvalue weighted by Crippen LogP contribution is 2.37. The summed E-state index contributed by atoms with van der Waals surface area (Å²) in [4.78, 5) is 23.8. The molecule has 17 heavy (non-hydrogen) atoms. The van der Waals surface area contributed by atoms with Crippen LogP contribution in [0.1, 0.15) is 33.6 Å². The normalized spacial score (nSPS) is 16.1. The van der Waals surface area contributed by atoms with E-state index in [1.165, 1.54) is 17.1 Å². The lowest BCUT2D eigenvalue weighted by molar-refractivity contribution is -0.136. The average molecular weight is 273 g/mol. The van der Waals surface area contributed by atoms with Crippen molar-refractivity contribution in [3.63, 3.8) is 0 Å². The van der Waals surface area contributed by atoms with Crippen LogP contribution in [-0.2, 0) is 9.59 Å². The second-order valence-corrected chi connectivity index (χ2v) is 7.66. The van der Waals surface area contributed by atoms with E-state index in [0.717, 1.165) is 18.6 Å². The van der Waals surface area contributed by atoms with Crippen LogP contribution in [0.2, 0.25) is 0 Å². The van der Waals surface area contributed by atoms with Crippen molar-refractivity contribution >= 4 is 33.4 Å². The summed E-state index contributed by atoms with van der Waals surface area (Å²) in [5, 5.41) is 0. The summed E-state index contributed by atoms with van der Waals surface area (Å²) >= 11 is 0. The summed E-state index contributed by atoms with van der Waals surface area (Å²) in [6.45, 7) is 7.16. The maximum Gasteiger partial charge on any atom is 0.253 e. The van der Waals surface area contributed by atoms with E-state index >= 15 is 0 Å². The van der Waals surface area contributed by atoms with Gasteiger partial charge in [-0.1, -0.05) is 28.5 Å². The summed E-state index contributed by atoms with van der Waals surface area (Å²) in [5.41, 5.74) is 0. The first-order valence-corrected chi connectivity index (χ1v) is 8.12. The molecule has 1 heterocycles. The molecule has 0 aliphatic carbocycles. The number of carbonyl (C=O) groups is 2. The number of nitrogens with zero attached hydrogens (tertiary/aromatic N) is 1. The van der Waals surface area contributed by atoms with Gasteiger partial charge in [0.05, 0.1) is 0 Å². The summed E-state index contributed by atoms with van der Waals surface area (Å²) in [7, 11) is 3.69. The van der Waals surface area contributed by atoms with Crippen LogP contribution < -0.4 is 0 Å². The molecule has 0 saturated heterocycles. The number of hydrogen-bond donors (Lipinski definition) is 0. The first-order valence-electron chi connectivity index (χ1n) is 5.80. The van der Waals surface area contributed by atoms with E-state index in [-0.39, 0.29) is 11.8 Å². The van der Waals surface area contributed by atoms with Crippen molar-refractivity contribution in [3.05, 3.63) is 12.2 Å². The number of carbonyl (C=O) groups excluding carboxylic acids is 2. The zero-order valence-electron chi connectivity index (χ0n) is 10.6. The molecule has 0 aromatic heterocycles. The Morgan fingerprint density at radius 2 is 1.82 bits per heavy atom. The van der Waals surface area contributed by atoms with Gasteiger partial charge in [0.15, 0.2) is 0 Å². The van der Waals surface area contributed by atoms with Crippen molar-refractivity contribution in [2.75, 3.05) is 12.3 Å². The second kappa shape index (κ2) is 6.50. The first-order chi connectivity index (χ1) is 7.96. The lowest BCUT2D eigenvalue weighted by atomic mass is 10.1. The summed E-state index contributed by atoms with van der Waals surface area (Å²) < 4.78 is 0.297. The monoisotopic (exact) mass is 273 g/mol. The van der Waals surface area contributed by atoms with E-state index in [9.17, 15) is 9.59 Å². The van der Waals surface area contributed by atoms with Gasteiger partial charge in [-0.15, -0.1) is 0 Å². The fourth-order valence-corrected chi connectivity index (χ4v) is 3.87. The highest BCUT2D eigenvalue weighted by Gasteiger charge is 2.22. The van der Waals surface area contributed by atoms with Crippen molar-refractivity contribution in [1.29, 1.82) is 0 Å². The van der Waals surface area contributed by atoms with E-state index in [1.54, 1.807) is 0 Å². The molecule has 1 aliphatic heterocycles. The fourth-order valence-electron chi connectivity index (χ4n) is 1.19. The largest absolute Gasteiger partial charge is 0.275 e. The lowest BCUT2D eigenvalue weighted by Crippen LogP contribution is -2.31. The minimum atomic E-state index is -0.179. The topological polar surface area (TPSA) is 37.4 Å². The molecule has 0 fully saturated rings. The molecule has 0 saturated carbocycles. The zero-order valence-corrected chi connectivity index (χ0v) is 12.2. The molecule has 0 aromatic rings. The van der Waals surface area contributed by atoms with Crippen LogP contribution in [0.4, 0.5) is 0 Å². The van der Waals surface area contributed by atoms with E-state index in [4.69, 9.17) is 0 Å². The van der Waals surface area contributed by atoms with Crippen LogP contribution >= 0.6 is 21.6 Å². The molecule has 0 radical (unpaired) electrons. The van der Waals surface area contributed by atoms with Crippen LogP contribution in [0.3, 0.4) is 0 Å². The van der Waals surface area contributed by atoms with Gasteiger partial charge in [-0.3, -0.25) is 14.5 Å². The standard InChI is InChI=1S/C12H19NO2S2/c1-4-12(2,3)17-16-9-5-8-13-10(14)6-7-11(13)15/h6-7H,4-5,8-9H2,1-3H3. The zero-order chi connectivity index (χ0) is 12.9. The smallest absolute Gasteiger partial charge is 0.253 e. The van der Waals surface area contributed by atoms with Crippen LogP contribution in [0.5, 0.6) is 0 Å². The summed E-state index contributed by atoms with van der Waals surface area (Å²) in [6, 6.07) is 0. The molecular formula is C12H19NO2S2. The molecule has 0 atom stereocenters. The molecule has 0 aromatic carbocycles. The predicted molar refractivity (Wildman–Crippen MR) is 74.9 cm³/mol. The number of hydrogen-bond acceptors (Lipinski definition) is 4. The Hall–Kier alpha value is -0.420. The Labute approximate surface area is 111 Å². The molecular weight excluding hydrogens is 254 g/mol. The second-order valence-electron chi connectivity index (χ2n) is 4.53. The summed E-state index contributed by atoms with van der Waals surface area (Å²) in [5.74, 6) is 0.605. The summed E-state index contributed by atoms with van der Waals surface area (Å²) in [6.07, 6.45) is 4.67. The van der Waals surface area contributed by atoms with E-state index in [1.807, 2.05) is 21.6 Å². The van der Waals surface area contributed by atoms with Crippen LogP contribution in [0.15, 0.2) is 12.2 Å². The molecule has 1 rings (SSSR count). The molecule has 0 spiro atoms. The Morgan fingerprint density at radius 3 is 2.35 bits per heavy atom. The van der Waals surface area contributed by atoms with Crippen molar-refractivity contribution in [2.45, 2.75) is 38.4 Å². The van der Waals surface area contributed by atoms with Gasteiger partial charge in [0, 0.05) is 29.2 Å². The SMILES string of the molecule is CCC(C)(C)SSCCCN1C(=O)C=CC1=O.